The third-order valence-electron chi connectivity index (χ3n) is 3.73. The smallest absolute Gasteiger partial charge is 0.341 e. The number of carboxylic acid groups (broad SMARTS) is 1. The Morgan fingerprint density at radius 2 is 2.10 bits per heavy atom. The first-order valence-corrected chi connectivity index (χ1v) is 7.61. The van der Waals surface area contributed by atoms with E-state index in [0.717, 1.165) is 49.8 Å². The van der Waals surface area contributed by atoms with Crippen LogP contribution in [-0.2, 0) is 12.8 Å². The Kier molecular flexibility index (Phi) is 5.39. The van der Waals surface area contributed by atoms with Gasteiger partial charge in [0.15, 0.2) is 0 Å². The molecular formula is C16H23NO3. The molecule has 20 heavy (non-hydrogen) atoms. The Labute approximate surface area is 120 Å². The first kappa shape index (κ1) is 14.8. The number of carboxylic acids is 1. The molecule has 0 amide bonds. The summed E-state index contributed by atoms with van der Waals surface area (Å²) in [5.41, 5.74) is 2.30. The highest BCUT2D eigenvalue weighted by Gasteiger charge is 2.19. The fraction of sp³-hybridized carbons (Fsp3) is 0.625. The lowest BCUT2D eigenvalue weighted by molar-refractivity contribution is 0.0690. The number of hydrogen-bond donors (Lipinski definition) is 1. The number of unbranched alkanes of at least 4 members (excludes halogenated alkanes) is 3. The summed E-state index contributed by atoms with van der Waals surface area (Å²) in [6.07, 6.45) is 8.54. The van der Waals surface area contributed by atoms with Crippen LogP contribution < -0.4 is 4.74 Å². The zero-order valence-corrected chi connectivity index (χ0v) is 12.2. The molecule has 1 aromatic rings. The molecular weight excluding hydrogens is 254 g/mol. The van der Waals surface area contributed by atoms with Crippen LogP contribution in [0.15, 0.2) is 6.07 Å². The molecule has 4 heteroatoms. The van der Waals surface area contributed by atoms with E-state index in [4.69, 9.17) is 4.74 Å². The molecule has 0 saturated heterocycles. The Hall–Kier alpha value is -1.58. The number of ether oxygens (including phenoxy) is 1. The summed E-state index contributed by atoms with van der Waals surface area (Å²) in [7, 11) is 0. The minimum absolute atomic E-state index is 0.209. The van der Waals surface area contributed by atoms with Gasteiger partial charge in [0.2, 0.25) is 5.88 Å². The largest absolute Gasteiger partial charge is 0.477 e. The number of pyridine rings is 1. The molecule has 0 saturated carbocycles. The molecule has 0 aromatic carbocycles. The van der Waals surface area contributed by atoms with Crippen molar-refractivity contribution >= 4 is 5.97 Å². The van der Waals surface area contributed by atoms with Crippen LogP contribution in [0.1, 0.15) is 67.1 Å². The molecule has 0 unspecified atom stereocenters. The van der Waals surface area contributed by atoms with Crippen LogP contribution >= 0.6 is 0 Å². The van der Waals surface area contributed by atoms with Crippen molar-refractivity contribution in [2.45, 2.75) is 58.3 Å². The summed E-state index contributed by atoms with van der Waals surface area (Å²) in [6, 6.07) is 1.76. The Morgan fingerprint density at radius 3 is 2.85 bits per heavy atom. The minimum Gasteiger partial charge on any atom is -0.477 e. The van der Waals surface area contributed by atoms with Crippen LogP contribution in [0.2, 0.25) is 0 Å². The monoisotopic (exact) mass is 277 g/mol. The van der Waals surface area contributed by atoms with Gasteiger partial charge in [0.25, 0.3) is 0 Å². The lowest BCUT2D eigenvalue weighted by Gasteiger charge is -2.17. The van der Waals surface area contributed by atoms with Gasteiger partial charge in [0.1, 0.15) is 5.56 Å². The number of carbonyl (C=O) groups is 1. The first-order valence-electron chi connectivity index (χ1n) is 7.61. The lowest BCUT2D eigenvalue weighted by atomic mass is 9.95. The second kappa shape index (κ2) is 7.27. The van der Waals surface area contributed by atoms with Gasteiger partial charge < -0.3 is 9.84 Å². The van der Waals surface area contributed by atoms with E-state index in [-0.39, 0.29) is 5.56 Å². The molecule has 0 atom stereocenters. The Bertz CT molecular complexity index is 471. The predicted molar refractivity (Wildman–Crippen MR) is 77.5 cm³/mol. The number of fused-ring (bicyclic) bond motifs is 1. The van der Waals surface area contributed by atoms with Gasteiger partial charge in [0, 0.05) is 5.69 Å². The molecule has 110 valence electrons. The van der Waals surface area contributed by atoms with Crippen molar-refractivity contribution in [2.75, 3.05) is 6.61 Å². The summed E-state index contributed by atoms with van der Waals surface area (Å²) in [4.78, 5) is 15.8. The number of hydrogen-bond acceptors (Lipinski definition) is 3. The second-order valence-corrected chi connectivity index (χ2v) is 5.37. The fourth-order valence-corrected chi connectivity index (χ4v) is 2.58. The molecule has 1 aliphatic carbocycles. The standard InChI is InChI=1S/C16H23NO3/c1-2-3-4-7-10-20-15-13(16(18)19)11-12-8-5-6-9-14(12)17-15/h11H,2-10H2,1H3,(H,18,19). The van der Waals surface area contributed by atoms with Crippen molar-refractivity contribution < 1.29 is 14.6 Å². The maximum Gasteiger partial charge on any atom is 0.341 e. The molecule has 1 N–H and O–H groups in total. The first-order chi connectivity index (χ1) is 9.72. The predicted octanol–water partition coefficient (Wildman–Crippen LogP) is 3.62. The van der Waals surface area contributed by atoms with E-state index in [1.54, 1.807) is 6.07 Å². The average molecular weight is 277 g/mol. The molecule has 1 heterocycles. The molecule has 0 spiro atoms. The maximum atomic E-state index is 11.3. The van der Waals surface area contributed by atoms with Crippen LogP contribution in [-0.4, -0.2) is 22.7 Å². The fourth-order valence-electron chi connectivity index (χ4n) is 2.58. The van der Waals surface area contributed by atoms with E-state index in [1.165, 1.54) is 12.8 Å². The molecule has 4 nitrogen and oxygen atoms in total. The van der Waals surface area contributed by atoms with Gasteiger partial charge in [0.05, 0.1) is 6.61 Å². The van der Waals surface area contributed by atoms with Crippen molar-refractivity contribution in [1.82, 2.24) is 4.98 Å². The van der Waals surface area contributed by atoms with Crippen LogP contribution in [0.25, 0.3) is 0 Å². The van der Waals surface area contributed by atoms with E-state index >= 15 is 0 Å². The Balaban J connectivity index is 2.07. The minimum atomic E-state index is -0.950. The number of aromatic carboxylic acids is 1. The van der Waals surface area contributed by atoms with Gasteiger partial charge in [-0.2, -0.15) is 0 Å². The summed E-state index contributed by atoms with van der Waals surface area (Å²) in [5.74, 6) is -0.649. The number of aryl methyl sites for hydroxylation is 2. The molecule has 0 fully saturated rings. The third kappa shape index (κ3) is 3.71. The zero-order valence-electron chi connectivity index (χ0n) is 12.2. The quantitative estimate of drug-likeness (QED) is 0.773. The van der Waals surface area contributed by atoms with Gasteiger partial charge in [-0.1, -0.05) is 26.2 Å². The number of nitrogens with zero attached hydrogens (tertiary/aromatic N) is 1. The number of rotatable bonds is 7. The molecule has 1 aromatic heterocycles. The molecule has 0 radical (unpaired) electrons. The van der Waals surface area contributed by atoms with Crippen molar-refractivity contribution in [3.05, 3.63) is 22.9 Å². The van der Waals surface area contributed by atoms with Crippen molar-refractivity contribution in [3.8, 4) is 5.88 Å². The SMILES string of the molecule is CCCCCCOc1nc2c(cc1C(=O)O)CCCC2. The summed E-state index contributed by atoms with van der Waals surface area (Å²) >= 11 is 0. The number of aromatic nitrogens is 1. The lowest BCUT2D eigenvalue weighted by Crippen LogP contribution is -2.12. The van der Waals surface area contributed by atoms with E-state index in [9.17, 15) is 9.90 Å². The molecule has 2 rings (SSSR count). The van der Waals surface area contributed by atoms with Gasteiger partial charge in [-0.15, -0.1) is 0 Å². The molecule has 1 aliphatic rings. The van der Waals surface area contributed by atoms with Gasteiger partial charge in [-0.25, -0.2) is 9.78 Å². The van der Waals surface area contributed by atoms with E-state index in [1.807, 2.05) is 0 Å². The zero-order chi connectivity index (χ0) is 14.4. The van der Waals surface area contributed by atoms with Crippen LogP contribution in [0.5, 0.6) is 5.88 Å². The van der Waals surface area contributed by atoms with Crippen LogP contribution in [0.4, 0.5) is 0 Å². The van der Waals surface area contributed by atoms with Gasteiger partial charge >= 0.3 is 5.97 Å². The molecule has 0 bridgehead atoms. The molecule has 0 aliphatic heterocycles. The van der Waals surface area contributed by atoms with Crippen LogP contribution in [0, 0.1) is 0 Å². The highest BCUT2D eigenvalue weighted by molar-refractivity contribution is 5.90. The van der Waals surface area contributed by atoms with E-state index in [2.05, 4.69) is 11.9 Å². The third-order valence-corrected chi connectivity index (χ3v) is 3.73. The highest BCUT2D eigenvalue weighted by Crippen LogP contribution is 2.26. The van der Waals surface area contributed by atoms with Gasteiger partial charge in [-0.3, -0.25) is 0 Å². The second-order valence-electron chi connectivity index (χ2n) is 5.37. The maximum absolute atomic E-state index is 11.3. The van der Waals surface area contributed by atoms with Crippen molar-refractivity contribution in [3.63, 3.8) is 0 Å². The van der Waals surface area contributed by atoms with E-state index in [0.29, 0.717) is 12.5 Å². The average Bonchev–Trinajstić information content (AvgIpc) is 2.46. The van der Waals surface area contributed by atoms with Crippen molar-refractivity contribution in [2.24, 2.45) is 0 Å². The summed E-state index contributed by atoms with van der Waals surface area (Å²) in [6.45, 7) is 2.71. The van der Waals surface area contributed by atoms with Gasteiger partial charge in [-0.05, 0) is 43.7 Å². The summed E-state index contributed by atoms with van der Waals surface area (Å²) < 4.78 is 5.62. The van der Waals surface area contributed by atoms with Crippen molar-refractivity contribution in [1.29, 1.82) is 0 Å². The highest BCUT2D eigenvalue weighted by atomic mass is 16.5. The van der Waals surface area contributed by atoms with Crippen LogP contribution in [0.3, 0.4) is 0 Å². The van der Waals surface area contributed by atoms with E-state index < -0.39 is 5.97 Å². The topological polar surface area (TPSA) is 59.4 Å². The summed E-state index contributed by atoms with van der Waals surface area (Å²) in [5, 5.41) is 9.29. The normalized spacial score (nSPS) is 13.8. The Morgan fingerprint density at radius 1 is 1.30 bits per heavy atom.